The molecule has 0 saturated carbocycles. The first-order valence-corrected chi connectivity index (χ1v) is 6.12. The zero-order valence-electron chi connectivity index (χ0n) is 10.7. The maximum atomic E-state index is 11.8. The topological polar surface area (TPSA) is 84.2 Å². The Morgan fingerprint density at radius 1 is 1.50 bits per heavy atom. The van der Waals surface area contributed by atoms with E-state index in [4.69, 9.17) is 5.11 Å². The van der Waals surface area contributed by atoms with Crippen LogP contribution >= 0.6 is 0 Å². The van der Waals surface area contributed by atoms with Gasteiger partial charge in [-0.1, -0.05) is 13.8 Å². The third-order valence-corrected chi connectivity index (χ3v) is 2.58. The van der Waals surface area contributed by atoms with Crippen LogP contribution in [0.4, 0.5) is 0 Å². The normalized spacial score (nSPS) is 12.2. The summed E-state index contributed by atoms with van der Waals surface area (Å²) in [5, 5.41) is 15.7. The molecule has 0 aliphatic carbocycles. The molecule has 0 fully saturated rings. The average molecular weight is 253 g/mol. The van der Waals surface area contributed by atoms with Crippen LogP contribution in [0.5, 0.6) is 0 Å². The summed E-state index contributed by atoms with van der Waals surface area (Å²) in [6.07, 6.45) is 1.41. The minimum atomic E-state index is -0.374. The summed E-state index contributed by atoms with van der Waals surface area (Å²) in [5.74, 6) is -0.374. The highest BCUT2D eigenvalue weighted by atomic mass is 16.3. The van der Waals surface area contributed by atoms with Gasteiger partial charge in [0.25, 0.3) is 11.5 Å². The van der Waals surface area contributed by atoms with E-state index in [1.807, 2.05) is 13.8 Å². The van der Waals surface area contributed by atoms with E-state index in [9.17, 15) is 9.59 Å². The second-order valence-corrected chi connectivity index (χ2v) is 4.04. The van der Waals surface area contributed by atoms with E-state index in [0.29, 0.717) is 13.0 Å². The number of amides is 1. The molecule has 0 saturated heterocycles. The largest absolute Gasteiger partial charge is 0.394 e. The number of carbonyl (C=O) groups is 1. The van der Waals surface area contributed by atoms with Gasteiger partial charge in [0.05, 0.1) is 12.6 Å². The molecule has 0 aliphatic rings. The number of aliphatic hydroxyl groups is 1. The molecule has 0 unspecified atom stereocenters. The summed E-state index contributed by atoms with van der Waals surface area (Å²) in [5.41, 5.74) is -0.0300. The second-order valence-electron chi connectivity index (χ2n) is 4.04. The molecule has 2 N–H and O–H groups in total. The van der Waals surface area contributed by atoms with Crippen molar-refractivity contribution in [2.75, 3.05) is 6.61 Å². The van der Waals surface area contributed by atoms with Gasteiger partial charge in [-0.05, 0) is 18.9 Å². The Morgan fingerprint density at radius 3 is 2.78 bits per heavy atom. The molecule has 0 bridgehead atoms. The van der Waals surface area contributed by atoms with Crippen LogP contribution in [-0.4, -0.2) is 33.4 Å². The monoisotopic (exact) mass is 253 g/mol. The summed E-state index contributed by atoms with van der Waals surface area (Å²) in [7, 11) is 0. The van der Waals surface area contributed by atoms with Gasteiger partial charge >= 0.3 is 0 Å². The molecular formula is C12H19N3O3. The predicted octanol–water partition coefficient (Wildman–Crippen LogP) is 0.154. The second kappa shape index (κ2) is 6.90. The van der Waals surface area contributed by atoms with E-state index in [1.165, 1.54) is 16.8 Å². The molecule has 1 atom stereocenters. The Kier molecular flexibility index (Phi) is 5.51. The maximum Gasteiger partial charge on any atom is 0.272 e. The van der Waals surface area contributed by atoms with Gasteiger partial charge in [-0.3, -0.25) is 9.59 Å². The van der Waals surface area contributed by atoms with Crippen molar-refractivity contribution in [3.05, 3.63) is 28.2 Å². The Labute approximate surface area is 106 Å². The van der Waals surface area contributed by atoms with Crippen molar-refractivity contribution in [3.8, 4) is 0 Å². The molecule has 0 spiro atoms. The quantitative estimate of drug-likeness (QED) is 0.756. The van der Waals surface area contributed by atoms with Crippen molar-refractivity contribution < 1.29 is 9.90 Å². The number of hydrogen-bond acceptors (Lipinski definition) is 4. The highest BCUT2D eigenvalue weighted by Gasteiger charge is 2.13. The molecule has 0 radical (unpaired) electrons. The van der Waals surface area contributed by atoms with Crippen molar-refractivity contribution in [3.63, 3.8) is 0 Å². The van der Waals surface area contributed by atoms with Crippen molar-refractivity contribution in [1.82, 2.24) is 15.1 Å². The predicted molar refractivity (Wildman–Crippen MR) is 67.4 cm³/mol. The van der Waals surface area contributed by atoms with Crippen LogP contribution in [0.15, 0.2) is 16.9 Å². The third-order valence-electron chi connectivity index (χ3n) is 2.58. The SMILES string of the molecule is CCCn1nc(C(=O)N[C@@H](CC)CO)ccc1=O. The first kappa shape index (κ1) is 14.4. The van der Waals surface area contributed by atoms with Gasteiger partial charge in [-0.25, -0.2) is 4.68 Å². The van der Waals surface area contributed by atoms with Crippen LogP contribution in [0, 0.1) is 0 Å². The molecule has 1 heterocycles. The molecule has 6 nitrogen and oxygen atoms in total. The van der Waals surface area contributed by atoms with Gasteiger partial charge in [-0.15, -0.1) is 0 Å². The van der Waals surface area contributed by atoms with Crippen molar-refractivity contribution in [2.24, 2.45) is 0 Å². The fourth-order valence-electron chi connectivity index (χ4n) is 1.48. The van der Waals surface area contributed by atoms with E-state index >= 15 is 0 Å². The molecule has 1 amide bonds. The van der Waals surface area contributed by atoms with Crippen LogP contribution in [0.1, 0.15) is 37.2 Å². The van der Waals surface area contributed by atoms with Crippen molar-refractivity contribution in [1.29, 1.82) is 0 Å². The van der Waals surface area contributed by atoms with E-state index in [1.54, 1.807) is 0 Å². The molecule has 1 aromatic rings. The summed E-state index contributed by atoms with van der Waals surface area (Å²) in [6.45, 7) is 4.17. The molecule has 1 rings (SSSR count). The number of nitrogens with one attached hydrogen (secondary N) is 1. The maximum absolute atomic E-state index is 11.8. The molecule has 18 heavy (non-hydrogen) atoms. The van der Waals surface area contributed by atoms with Gasteiger partial charge in [0.15, 0.2) is 0 Å². The Morgan fingerprint density at radius 2 is 2.22 bits per heavy atom. The van der Waals surface area contributed by atoms with Crippen LogP contribution in [-0.2, 0) is 6.54 Å². The van der Waals surface area contributed by atoms with Crippen LogP contribution in [0.25, 0.3) is 0 Å². The molecule has 0 aliphatic heterocycles. The third kappa shape index (κ3) is 3.66. The van der Waals surface area contributed by atoms with Gasteiger partial charge < -0.3 is 10.4 Å². The number of hydrogen-bond donors (Lipinski definition) is 2. The molecule has 1 aromatic heterocycles. The summed E-state index contributed by atoms with van der Waals surface area (Å²) < 4.78 is 1.27. The summed E-state index contributed by atoms with van der Waals surface area (Å²) in [4.78, 5) is 23.3. The number of carbonyl (C=O) groups excluding carboxylic acids is 1. The standard InChI is InChI=1S/C12H19N3O3/c1-3-7-15-11(17)6-5-10(14-15)12(18)13-9(4-2)8-16/h5-6,9,16H,3-4,7-8H2,1-2H3,(H,13,18)/t9-/m0/s1. The van der Waals surface area contributed by atoms with Gasteiger partial charge in [0, 0.05) is 12.6 Å². The lowest BCUT2D eigenvalue weighted by atomic mass is 10.2. The Bertz CT molecular complexity index is 452. The van der Waals surface area contributed by atoms with E-state index < -0.39 is 0 Å². The number of aromatic nitrogens is 2. The fraction of sp³-hybridized carbons (Fsp3) is 0.583. The van der Waals surface area contributed by atoms with Gasteiger partial charge in [0.1, 0.15) is 5.69 Å². The number of rotatable bonds is 6. The van der Waals surface area contributed by atoms with Crippen molar-refractivity contribution >= 4 is 5.91 Å². The lowest BCUT2D eigenvalue weighted by molar-refractivity contribution is 0.0907. The van der Waals surface area contributed by atoms with Crippen LogP contribution in [0.3, 0.4) is 0 Å². The highest BCUT2D eigenvalue weighted by molar-refractivity contribution is 5.92. The summed E-state index contributed by atoms with van der Waals surface area (Å²) >= 11 is 0. The van der Waals surface area contributed by atoms with Gasteiger partial charge in [-0.2, -0.15) is 5.10 Å². The Hall–Kier alpha value is -1.69. The molecule has 6 heteroatoms. The lowest BCUT2D eigenvalue weighted by Crippen LogP contribution is -2.38. The Balaban J connectivity index is 2.86. The zero-order valence-corrected chi connectivity index (χ0v) is 10.7. The lowest BCUT2D eigenvalue weighted by Gasteiger charge is -2.13. The minimum Gasteiger partial charge on any atom is -0.394 e. The molecule has 100 valence electrons. The van der Waals surface area contributed by atoms with Crippen LogP contribution < -0.4 is 10.9 Å². The molecular weight excluding hydrogens is 234 g/mol. The fourth-order valence-corrected chi connectivity index (χ4v) is 1.48. The number of aliphatic hydroxyl groups excluding tert-OH is 1. The van der Waals surface area contributed by atoms with Crippen molar-refractivity contribution in [2.45, 2.75) is 39.3 Å². The first-order valence-electron chi connectivity index (χ1n) is 6.12. The molecule has 0 aromatic carbocycles. The van der Waals surface area contributed by atoms with Crippen LogP contribution in [0.2, 0.25) is 0 Å². The highest BCUT2D eigenvalue weighted by Crippen LogP contribution is 1.95. The summed E-state index contributed by atoms with van der Waals surface area (Å²) in [6, 6.07) is 2.44. The minimum absolute atomic E-state index is 0.114. The smallest absolute Gasteiger partial charge is 0.272 e. The van der Waals surface area contributed by atoms with E-state index in [0.717, 1.165) is 6.42 Å². The van der Waals surface area contributed by atoms with E-state index in [-0.39, 0.29) is 29.8 Å². The number of aryl methyl sites for hydroxylation is 1. The average Bonchev–Trinajstić information content (AvgIpc) is 2.38. The van der Waals surface area contributed by atoms with E-state index in [2.05, 4.69) is 10.4 Å². The first-order chi connectivity index (χ1) is 8.62. The number of nitrogens with zero attached hydrogens (tertiary/aromatic N) is 2. The zero-order chi connectivity index (χ0) is 13.5. The van der Waals surface area contributed by atoms with Gasteiger partial charge in [0.2, 0.25) is 0 Å².